The van der Waals surface area contributed by atoms with Crippen molar-refractivity contribution in [3.8, 4) is 11.5 Å². The lowest BCUT2D eigenvalue weighted by Gasteiger charge is -2.34. The van der Waals surface area contributed by atoms with Crippen LogP contribution >= 0.6 is 22.9 Å². The van der Waals surface area contributed by atoms with E-state index in [0.29, 0.717) is 6.61 Å². The normalized spacial score (nSPS) is 18.2. The summed E-state index contributed by atoms with van der Waals surface area (Å²) in [6.45, 7) is 5.60. The predicted octanol–water partition coefficient (Wildman–Crippen LogP) is 4.00. The molecule has 142 valence electrons. The Bertz CT molecular complexity index is 846. The molecule has 0 aromatic heterocycles. The predicted molar refractivity (Wildman–Crippen MR) is 113 cm³/mol. The van der Waals surface area contributed by atoms with E-state index in [1.807, 2.05) is 30.3 Å². The summed E-state index contributed by atoms with van der Waals surface area (Å²) in [7, 11) is 1.66. The zero-order chi connectivity index (χ0) is 18.8. The lowest BCUT2D eigenvalue weighted by molar-refractivity contribution is 0.212. The molecular formula is C21H22FIN2O2. The van der Waals surface area contributed by atoms with Crippen molar-refractivity contribution in [2.75, 3.05) is 46.4 Å². The average molecular weight is 480 g/mol. The molecule has 1 saturated heterocycles. The van der Waals surface area contributed by atoms with Crippen molar-refractivity contribution in [1.82, 2.24) is 8.01 Å². The van der Waals surface area contributed by atoms with E-state index < -0.39 is 0 Å². The van der Waals surface area contributed by atoms with Crippen LogP contribution in [0.3, 0.4) is 0 Å². The Hall–Kier alpha value is -1.64. The molecule has 6 heteroatoms. The van der Waals surface area contributed by atoms with E-state index in [-0.39, 0.29) is 5.82 Å². The molecule has 2 aliphatic heterocycles. The van der Waals surface area contributed by atoms with Crippen molar-refractivity contribution in [2.45, 2.75) is 0 Å². The third-order valence-electron chi connectivity index (χ3n) is 5.08. The van der Waals surface area contributed by atoms with Gasteiger partial charge in [0.15, 0.2) is 0 Å². The second kappa shape index (κ2) is 8.16. The van der Waals surface area contributed by atoms with Crippen LogP contribution in [0.25, 0.3) is 5.57 Å². The highest BCUT2D eigenvalue weighted by atomic mass is 127. The van der Waals surface area contributed by atoms with Crippen molar-refractivity contribution in [3.05, 3.63) is 65.0 Å². The van der Waals surface area contributed by atoms with Gasteiger partial charge in [0.1, 0.15) is 23.9 Å². The lowest BCUT2D eigenvalue weighted by Crippen LogP contribution is -2.43. The molecule has 1 fully saturated rings. The summed E-state index contributed by atoms with van der Waals surface area (Å²) >= 11 is 2.38. The van der Waals surface area contributed by atoms with Crippen molar-refractivity contribution < 1.29 is 13.9 Å². The molecule has 0 aliphatic carbocycles. The van der Waals surface area contributed by atoms with E-state index >= 15 is 0 Å². The van der Waals surface area contributed by atoms with Crippen LogP contribution in [0.1, 0.15) is 11.1 Å². The van der Waals surface area contributed by atoms with Crippen molar-refractivity contribution in [2.24, 2.45) is 0 Å². The van der Waals surface area contributed by atoms with Gasteiger partial charge in [-0.2, -0.15) is 0 Å². The maximum Gasteiger partial charge on any atom is 0.127 e. The minimum atomic E-state index is -0.225. The second-order valence-corrected chi connectivity index (χ2v) is 8.19. The first-order valence-electron chi connectivity index (χ1n) is 9.06. The van der Waals surface area contributed by atoms with E-state index in [9.17, 15) is 4.39 Å². The molecule has 4 rings (SSSR count). The van der Waals surface area contributed by atoms with E-state index in [0.717, 1.165) is 60.9 Å². The van der Waals surface area contributed by atoms with Gasteiger partial charge in [-0.25, -0.2) is 7.50 Å². The maximum absolute atomic E-state index is 13.5. The Morgan fingerprint density at radius 2 is 1.81 bits per heavy atom. The van der Waals surface area contributed by atoms with Gasteiger partial charge in [0.25, 0.3) is 0 Å². The fourth-order valence-electron chi connectivity index (χ4n) is 3.64. The first kappa shape index (κ1) is 18.7. The summed E-state index contributed by atoms with van der Waals surface area (Å²) < 4.78 is 27.3. The molecule has 0 bridgehead atoms. The quantitative estimate of drug-likeness (QED) is 0.488. The third-order valence-corrected chi connectivity index (χ3v) is 6.04. The topological polar surface area (TPSA) is 24.9 Å². The summed E-state index contributed by atoms with van der Waals surface area (Å²) in [4.78, 5) is 2.46. The van der Waals surface area contributed by atoms with Gasteiger partial charge in [-0.3, -0.25) is 4.90 Å². The largest absolute Gasteiger partial charge is 0.497 e. The molecule has 0 amide bonds. The van der Waals surface area contributed by atoms with Crippen molar-refractivity contribution >= 4 is 28.4 Å². The highest BCUT2D eigenvalue weighted by Crippen LogP contribution is 2.39. The smallest absolute Gasteiger partial charge is 0.127 e. The van der Waals surface area contributed by atoms with E-state index in [1.54, 1.807) is 7.11 Å². The molecule has 2 aromatic carbocycles. The average Bonchev–Trinajstić information content (AvgIpc) is 2.70. The number of methoxy groups -OCH3 is 1. The van der Waals surface area contributed by atoms with Crippen LogP contribution < -0.4 is 9.47 Å². The fourth-order valence-corrected chi connectivity index (χ4v) is 4.07. The molecule has 0 radical (unpaired) electrons. The lowest BCUT2D eigenvalue weighted by atomic mass is 9.90. The zero-order valence-electron chi connectivity index (χ0n) is 15.3. The molecule has 0 spiro atoms. The Balaban J connectivity index is 1.75. The van der Waals surface area contributed by atoms with Crippen LogP contribution in [0.2, 0.25) is 0 Å². The summed E-state index contributed by atoms with van der Waals surface area (Å²) in [6.07, 6.45) is 0. The van der Waals surface area contributed by atoms with Crippen LogP contribution in [-0.4, -0.2) is 54.5 Å². The van der Waals surface area contributed by atoms with Gasteiger partial charge in [0.05, 0.1) is 7.11 Å². The molecular weight excluding hydrogens is 458 g/mol. The third kappa shape index (κ3) is 4.12. The minimum Gasteiger partial charge on any atom is -0.497 e. The van der Waals surface area contributed by atoms with Gasteiger partial charge in [-0.1, -0.05) is 12.1 Å². The number of ether oxygens (including phenoxy) is 2. The maximum atomic E-state index is 13.5. The molecule has 0 unspecified atom stereocenters. The minimum absolute atomic E-state index is 0.225. The van der Waals surface area contributed by atoms with Gasteiger partial charge >= 0.3 is 0 Å². The number of hydrogen-bond donors (Lipinski definition) is 0. The van der Waals surface area contributed by atoms with Gasteiger partial charge in [-0.15, -0.1) is 0 Å². The second-order valence-electron chi connectivity index (χ2n) is 6.82. The summed E-state index contributed by atoms with van der Waals surface area (Å²) in [5.41, 5.74) is 4.38. The molecule has 27 heavy (non-hydrogen) atoms. The molecule has 0 N–H and O–H groups in total. The number of benzene rings is 2. The number of hydrogen-bond acceptors (Lipinski definition) is 4. The summed E-state index contributed by atoms with van der Waals surface area (Å²) in [5.74, 6) is 1.41. The molecule has 2 aromatic rings. The first-order chi connectivity index (χ1) is 13.1. The van der Waals surface area contributed by atoms with Crippen LogP contribution in [0, 0.1) is 5.82 Å². The number of halogens is 2. The van der Waals surface area contributed by atoms with Crippen LogP contribution in [0.5, 0.6) is 11.5 Å². The van der Waals surface area contributed by atoms with Crippen LogP contribution in [0.15, 0.2) is 48.0 Å². The van der Waals surface area contributed by atoms with Crippen LogP contribution in [0.4, 0.5) is 4.39 Å². The van der Waals surface area contributed by atoms with Gasteiger partial charge in [0, 0.05) is 61.2 Å². The summed E-state index contributed by atoms with van der Waals surface area (Å²) in [5, 5.41) is 0. The van der Waals surface area contributed by atoms with Gasteiger partial charge in [-0.05, 0) is 47.0 Å². The van der Waals surface area contributed by atoms with Crippen molar-refractivity contribution in [1.29, 1.82) is 0 Å². The number of nitrogens with zero attached hydrogens (tertiary/aromatic N) is 2. The van der Waals surface area contributed by atoms with E-state index in [1.165, 1.54) is 17.7 Å². The standard InChI is InChI=1S/C21H22FIN2O2/c1-26-18-6-7-20-19(12-18)21(15-2-4-17(22)5-3-15)16(14-27-20)13-24-8-10-25(23)11-9-24/h2-7,12H,8-11,13-14H2,1H3. The molecule has 2 heterocycles. The van der Waals surface area contributed by atoms with Gasteiger partial charge in [0.2, 0.25) is 0 Å². The van der Waals surface area contributed by atoms with Crippen molar-refractivity contribution in [3.63, 3.8) is 0 Å². The highest BCUT2D eigenvalue weighted by molar-refractivity contribution is 14.1. The Morgan fingerprint density at radius 1 is 1.07 bits per heavy atom. The summed E-state index contributed by atoms with van der Waals surface area (Å²) in [6, 6.07) is 12.6. The first-order valence-corrected chi connectivity index (χ1v) is 10.0. The number of rotatable bonds is 4. The molecule has 0 saturated carbocycles. The Morgan fingerprint density at radius 3 is 2.52 bits per heavy atom. The van der Waals surface area contributed by atoms with E-state index in [4.69, 9.17) is 9.47 Å². The number of piperazine rings is 1. The highest BCUT2D eigenvalue weighted by Gasteiger charge is 2.25. The Kier molecular flexibility index (Phi) is 5.66. The van der Waals surface area contributed by atoms with Crippen LogP contribution in [-0.2, 0) is 0 Å². The van der Waals surface area contributed by atoms with Gasteiger partial charge < -0.3 is 9.47 Å². The number of fused-ring (bicyclic) bond motifs is 1. The van der Waals surface area contributed by atoms with E-state index in [2.05, 4.69) is 30.9 Å². The molecule has 2 aliphatic rings. The molecule has 0 atom stereocenters. The molecule has 4 nitrogen and oxygen atoms in total. The Labute approximate surface area is 173 Å². The zero-order valence-corrected chi connectivity index (χ0v) is 17.4. The fraction of sp³-hybridized carbons (Fsp3) is 0.333. The SMILES string of the molecule is COc1ccc2c(c1)C(c1ccc(F)cc1)=C(CN1CCN(I)CC1)CO2. The monoisotopic (exact) mass is 480 g/mol.